The minimum atomic E-state index is -0.527. The summed E-state index contributed by atoms with van der Waals surface area (Å²) in [5, 5.41) is 18.3. The Morgan fingerprint density at radius 1 is 1.12 bits per heavy atom. The number of piperidine rings is 2. The standard InChI is InChI=1S/C31H31FN8O2/c32-26-16-24(42-23-6-2-1-3-7-23)8-9-25(26)28-27-29(34)36-19-37-30(27)40(38-28)22-5-4-14-39(18-22)31(41)21(17-33)15-20-10-12-35-13-11-20/h1-3,6-9,15-16,19-20,22,35H,4-5,10-14,18H2,(H2,34,36,37)/t22-/m0/s1. The zero-order valence-corrected chi connectivity index (χ0v) is 23.0. The van der Waals surface area contributed by atoms with Gasteiger partial charge in [0.25, 0.3) is 5.91 Å². The van der Waals surface area contributed by atoms with Gasteiger partial charge in [-0.2, -0.15) is 10.4 Å². The number of halogens is 1. The Balaban J connectivity index is 1.29. The number of hydrogen-bond acceptors (Lipinski definition) is 8. The maximum atomic E-state index is 15.5. The van der Waals surface area contributed by atoms with Gasteiger partial charge < -0.3 is 20.7 Å². The number of amides is 1. The van der Waals surface area contributed by atoms with Crippen LogP contribution < -0.4 is 15.8 Å². The summed E-state index contributed by atoms with van der Waals surface area (Å²) in [7, 11) is 0. The molecule has 2 aliphatic rings. The number of benzene rings is 2. The molecular weight excluding hydrogens is 535 g/mol. The maximum Gasteiger partial charge on any atom is 0.264 e. The normalized spacial score (nSPS) is 18.1. The van der Waals surface area contributed by atoms with Crippen LogP contribution >= 0.6 is 0 Å². The van der Waals surface area contributed by atoms with E-state index in [2.05, 4.69) is 21.4 Å². The molecule has 6 rings (SSSR count). The number of carbonyl (C=O) groups is 1. The van der Waals surface area contributed by atoms with Crippen LogP contribution in [0.1, 0.15) is 31.7 Å². The summed E-state index contributed by atoms with van der Waals surface area (Å²) in [6, 6.07) is 15.6. The van der Waals surface area contributed by atoms with E-state index in [9.17, 15) is 10.1 Å². The molecule has 4 aromatic rings. The van der Waals surface area contributed by atoms with Crippen molar-refractivity contribution in [2.45, 2.75) is 31.7 Å². The lowest BCUT2D eigenvalue weighted by Gasteiger charge is -2.33. The van der Waals surface area contributed by atoms with Crippen LogP contribution in [-0.2, 0) is 4.79 Å². The first-order valence-electron chi connectivity index (χ1n) is 14.1. The van der Waals surface area contributed by atoms with Crippen molar-refractivity contribution in [3.8, 4) is 28.8 Å². The largest absolute Gasteiger partial charge is 0.457 e. The number of hydrogen-bond donors (Lipinski definition) is 2. The van der Waals surface area contributed by atoms with E-state index in [4.69, 9.17) is 15.6 Å². The Morgan fingerprint density at radius 2 is 1.93 bits per heavy atom. The van der Waals surface area contributed by atoms with Crippen molar-refractivity contribution in [3.63, 3.8) is 0 Å². The molecule has 0 unspecified atom stereocenters. The third-order valence-electron chi connectivity index (χ3n) is 7.86. The van der Waals surface area contributed by atoms with E-state index < -0.39 is 5.82 Å². The molecule has 0 saturated carbocycles. The van der Waals surface area contributed by atoms with E-state index in [1.54, 1.807) is 33.8 Å². The number of nitriles is 1. The monoisotopic (exact) mass is 566 g/mol. The van der Waals surface area contributed by atoms with E-state index in [1.807, 2.05) is 24.3 Å². The van der Waals surface area contributed by atoms with Crippen molar-refractivity contribution >= 4 is 22.8 Å². The highest BCUT2D eigenvalue weighted by atomic mass is 19.1. The fourth-order valence-corrected chi connectivity index (χ4v) is 5.73. The number of anilines is 1. The number of rotatable bonds is 6. The van der Waals surface area contributed by atoms with Crippen molar-refractivity contribution in [1.29, 1.82) is 5.26 Å². The number of nitrogens with two attached hydrogens (primary N) is 1. The first-order valence-corrected chi connectivity index (χ1v) is 14.1. The van der Waals surface area contributed by atoms with Crippen LogP contribution in [-0.4, -0.2) is 56.7 Å². The van der Waals surface area contributed by atoms with Gasteiger partial charge in [-0.3, -0.25) is 4.79 Å². The van der Waals surface area contributed by atoms with Crippen LogP contribution in [0.4, 0.5) is 10.2 Å². The minimum absolute atomic E-state index is 0.181. The van der Waals surface area contributed by atoms with Crippen LogP contribution in [0.5, 0.6) is 11.5 Å². The zero-order valence-electron chi connectivity index (χ0n) is 23.0. The molecule has 2 aromatic heterocycles. The molecule has 3 N–H and O–H groups in total. The fourth-order valence-electron chi connectivity index (χ4n) is 5.73. The van der Waals surface area contributed by atoms with Gasteiger partial charge in [0.05, 0.1) is 11.4 Å². The highest BCUT2D eigenvalue weighted by Crippen LogP contribution is 2.36. The Morgan fingerprint density at radius 3 is 2.69 bits per heavy atom. The van der Waals surface area contributed by atoms with Crippen LogP contribution in [0.2, 0.25) is 0 Å². The fraction of sp³-hybridized carbons (Fsp3) is 0.323. The molecule has 10 nitrogen and oxygen atoms in total. The molecular formula is C31H31FN8O2. The predicted octanol–water partition coefficient (Wildman–Crippen LogP) is 4.62. The summed E-state index contributed by atoms with van der Waals surface area (Å²) in [5.41, 5.74) is 7.48. The van der Waals surface area contributed by atoms with E-state index in [1.165, 1.54) is 12.4 Å². The summed E-state index contributed by atoms with van der Waals surface area (Å²) >= 11 is 0. The summed E-state index contributed by atoms with van der Waals surface area (Å²) in [4.78, 5) is 23.7. The van der Waals surface area contributed by atoms with Gasteiger partial charge in [-0.15, -0.1) is 0 Å². The molecule has 214 valence electrons. The number of carbonyl (C=O) groups excluding carboxylic acids is 1. The predicted molar refractivity (Wildman–Crippen MR) is 156 cm³/mol. The molecule has 0 spiro atoms. The number of ether oxygens (including phenoxy) is 1. The highest BCUT2D eigenvalue weighted by molar-refractivity contribution is 5.99. The van der Waals surface area contributed by atoms with Gasteiger partial charge in [0.15, 0.2) is 5.65 Å². The van der Waals surface area contributed by atoms with Crippen LogP contribution in [0.15, 0.2) is 66.5 Å². The third-order valence-corrected chi connectivity index (χ3v) is 7.86. The molecule has 2 fully saturated rings. The number of nitrogens with zero attached hydrogens (tertiary/aromatic N) is 6. The van der Waals surface area contributed by atoms with Crippen LogP contribution in [0.25, 0.3) is 22.3 Å². The van der Waals surface area contributed by atoms with E-state index in [0.717, 1.165) is 38.8 Å². The second-order valence-electron chi connectivity index (χ2n) is 10.6. The Kier molecular flexibility index (Phi) is 7.79. The van der Waals surface area contributed by atoms with Crippen molar-refractivity contribution in [2.75, 3.05) is 31.9 Å². The average molecular weight is 567 g/mol. The minimum Gasteiger partial charge on any atom is -0.457 e. The number of para-hydroxylation sites is 1. The number of allylic oxidation sites excluding steroid dienone is 1. The number of aromatic nitrogens is 4. The van der Waals surface area contributed by atoms with Crippen LogP contribution in [0, 0.1) is 23.1 Å². The van der Waals surface area contributed by atoms with E-state index >= 15 is 4.39 Å². The lowest BCUT2D eigenvalue weighted by atomic mass is 9.95. The summed E-state index contributed by atoms with van der Waals surface area (Å²) in [5.74, 6) is 0.543. The van der Waals surface area contributed by atoms with E-state index in [0.29, 0.717) is 41.3 Å². The number of nitrogen functional groups attached to an aromatic ring is 1. The quantitative estimate of drug-likeness (QED) is 0.255. The molecule has 42 heavy (non-hydrogen) atoms. The smallest absolute Gasteiger partial charge is 0.264 e. The molecule has 4 heterocycles. The Hall–Kier alpha value is -4.82. The van der Waals surface area contributed by atoms with Gasteiger partial charge >= 0.3 is 0 Å². The SMILES string of the molecule is N#CC(=CC1CCNCC1)C(=O)N1CCC[C@H](n2nc(-c3ccc(Oc4ccccc4)cc3F)c3c(N)ncnc32)C1. The maximum absolute atomic E-state index is 15.5. The van der Waals surface area contributed by atoms with Gasteiger partial charge in [-0.05, 0) is 69.0 Å². The molecule has 1 amide bonds. The molecule has 2 aliphatic heterocycles. The Bertz CT molecular complexity index is 1670. The second-order valence-corrected chi connectivity index (χ2v) is 10.6. The highest BCUT2D eigenvalue weighted by Gasteiger charge is 2.31. The lowest BCUT2D eigenvalue weighted by molar-refractivity contribution is -0.128. The number of fused-ring (bicyclic) bond motifs is 1. The average Bonchev–Trinajstić information content (AvgIpc) is 3.41. The van der Waals surface area contributed by atoms with Gasteiger partial charge in [-0.25, -0.2) is 19.0 Å². The zero-order chi connectivity index (χ0) is 29.1. The first kappa shape index (κ1) is 27.4. The topological polar surface area (TPSA) is 135 Å². The first-order chi connectivity index (χ1) is 20.5. The van der Waals surface area contributed by atoms with Crippen molar-refractivity contribution in [1.82, 2.24) is 30.0 Å². The second kappa shape index (κ2) is 12.0. The van der Waals surface area contributed by atoms with E-state index in [-0.39, 0.29) is 34.8 Å². The molecule has 2 saturated heterocycles. The van der Waals surface area contributed by atoms with Gasteiger partial charge in [-0.1, -0.05) is 24.3 Å². The molecule has 0 bridgehead atoms. The summed E-state index contributed by atoms with van der Waals surface area (Å²) in [6.45, 7) is 2.64. The third kappa shape index (κ3) is 5.53. The Labute approximate surface area is 242 Å². The van der Waals surface area contributed by atoms with Crippen molar-refractivity contribution < 1.29 is 13.9 Å². The molecule has 0 radical (unpaired) electrons. The molecule has 2 aromatic carbocycles. The molecule has 0 aliphatic carbocycles. The number of likely N-dealkylation sites (tertiary alicyclic amines) is 1. The van der Waals surface area contributed by atoms with Crippen molar-refractivity contribution in [2.24, 2.45) is 5.92 Å². The number of nitrogens with one attached hydrogen (secondary N) is 1. The summed E-state index contributed by atoms with van der Waals surface area (Å²) in [6.07, 6.45) is 6.44. The lowest BCUT2D eigenvalue weighted by Crippen LogP contribution is -2.41. The van der Waals surface area contributed by atoms with Gasteiger partial charge in [0, 0.05) is 24.7 Å². The summed E-state index contributed by atoms with van der Waals surface area (Å²) < 4.78 is 23.0. The molecule has 1 atom stereocenters. The van der Waals surface area contributed by atoms with Crippen molar-refractivity contribution in [3.05, 3.63) is 72.3 Å². The molecule has 11 heteroatoms. The van der Waals surface area contributed by atoms with Gasteiger partial charge in [0.2, 0.25) is 0 Å². The van der Waals surface area contributed by atoms with Crippen LogP contribution in [0.3, 0.4) is 0 Å². The van der Waals surface area contributed by atoms with Gasteiger partial charge in [0.1, 0.15) is 46.8 Å².